The van der Waals surface area contributed by atoms with Gasteiger partial charge in [0, 0.05) is 55.5 Å². The number of ether oxygens (including phenoxy) is 3. The minimum absolute atomic E-state index is 0.0342. The van der Waals surface area contributed by atoms with Crippen molar-refractivity contribution in [1.29, 1.82) is 0 Å². The number of fused-ring (bicyclic) bond motifs is 5. The highest BCUT2D eigenvalue weighted by molar-refractivity contribution is 6.00. The van der Waals surface area contributed by atoms with Gasteiger partial charge in [-0.3, -0.25) is 14.4 Å². The Bertz CT molecular complexity index is 1770. The van der Waals surface area contributed by atoms with Crippen molar-refractivity contribution in [3.05, 3.63) is 112 Å². The molecule has 2 N–H and O–H groups in total. The number of hydrogen-bond donors (Lipinski definition) is 2. The Labute approximate surface area is 254 Å². The van der Waals surface area contributed by atoms with Crippen LogP contribution in [0.1, 0.15) is 34.0 Å². The molecule has 10 nitrogen and oxygen atoms in total. The Morgan fingerprint density at radius 3 is 2.64 bits per heavy atom. The van der Waals surface area contributed by atoms with Gasteiger partial charge in [-0.15, -0.1) is 0 Å². The molecule has 3 aliphatic heterocycles. The molecule has 4 heterocycles. The van der Waals surface area contributed by atoms with Gasteiger partial charge in [0.2, 0.25) is 6.79 Å². The van der Waals surface area contributed by atoms with Crippen LogP contribution in [0, 0.1) is 5.92 Å². The predicted octanol–water partition coefficient (Wildman–Crippen LogP) is 4.15. The fourth-order valence-corrected chi connectivity index (χ4v) is 6.33. The number of aromatic nitrogens is 1. The number of rotatable bonds is 8. The smallest absolute Gasteiger partial charge is 0.262 e. The van der Waals surface area contributed by atoms with Crippen molar-refractivity contribution in [2.24, 2.45) is 5.92 Å². The summed E-state index contributed by atoms with van der Waals surface area (Å²) in [6.45, 7) is 2.39. The van der Waals surface area contributed by atoms with Gasteiger partial charge < -0.3 is 34.3 Å². The number of pyridine rings is 1. The van der Waals surface area contributed by atoms with E-state index in [0.29, 0.717) is 48.1 Å². The summed E-state index contributed by atoms with van der Waals surface area (Å²) in [5.74, 6) is 1.55. The molecule has 0 saturated carbocycles. The van der Waals surface area contributed by atoms with Crippen LogP contribution < -0.4 is 35.3 Å². The van der Waals surface area contributed by atoms with E-state index in [1.807, 2.05) is 53.1 Å². The van der Waals surface area contributed by atoms with Gasteiger partial charge >= 0.3 is 0 Å². The lowest BCUT2D eigenvalue weighted by molar-refractivity contribution is -0.118. The molecule has 1 saturated heterocycles. The summed E-state index contributed by atoms with van der Waals surface area (Å²) < 4.78 is 18.4. The summed E-state index contributed by atoms with van der Waals surface area (Å²) in [6, 6.07) is 25.7. The second-order valence-corrected chi connectivity index (χ2v) is 11.4. The number of nitrogens with zero attached hydrogens (tertiary/aromatic N) is 2. The zero-order chi connectivity index (χ0) is 30.0. The molecular formula is C34H32N4O6. The first-order valence-corrected chi connectivity index (χ1v) is 14.7. The molecule has 0 unspecified atom stereocenters. The Morgan fingerprint density at radius 1 is 0.886 bits per heavy atom. The van der Waals surface area contributed by atoms with Crippen molar-refractivity contribution >= 4 is 23.2 Å². The molecule has 10 heteroatoms. The molecule has 44 heavy (non-hydrogen) atoms. The second-order valence-electron chi connectivity index (χ2n) is 11.4. The maximum Gasteiger partial charge on any atom is 0.262 e. The van der Waals surface area contributed by atoms with Crippen LogP contribution in [-0.2, 0) is 17.9 Å². The maximum absolute atomic E-state index is 13.2. The highest BCUT2D eigenvalue weighted by Crippen LogP contribution is 2.39. The van der Waals surface area contributed by atoms with Gasteiger partial charge in [0.15, 0.2) is 18.1 Å². The molecule has 3 aromatic carbocycles. The van der Waals surface area contributed by atoms with Gasteiger partial charge in [0.05, 0.1) is 11.4 Å². The van der Waals surface area contributed by atoms with E-state index in [4.69, 9.17) is 14.2 Å². The van der Waals surface area contributed by atoms with Gasteiger partial charge in [-0.1, -0.05) is 36.4 Å². The summed E-state index contributed by atoms with van der Waals surface area (Å²) in [4.78, 5) is 41.1. The van der Waals surface area contributed by atoms with Crippen LogP contribution in [0.15, 0.2) is 89.7 Å². The largest absolute Gasteiger partial charge is 0.484 e. The van der Waals surface area contributed by atoms with Crippen LogP contribution in [0.25, 0.3) is 0 Å². The van der Waals surface area contributed by atoms with E-state index in [2.05, 4.69) is 15.5 Å². The summed E-state index contributed by atoms with van der Waals surface area (Å²) in [5, 5.41) is 5.96. The predicted molar refractivity (Wildman–Crippen MR) is 165 cm³/mol. The van der Waals surface area contributed by atoms with Crippen LogP contribution in [-0.4, -0.2) is 42.9 Å². The molecule has 0 aliphatic carbocycles. The van der Waals surface area contributed by atoms with E-state index >= 15 is 0 Å². The monoisotopic (exact) mass is 592 g/mol. The average molecular weight is 593 g/mol. The van der Waals surface area contributed by atoms with Crippen molar-refractivity contribution in [2.45, 2.75) is 25.4 Å². The van der Waals surface area contributed by atoms with Crippen LogP contribution in [0.4, 0.5) is 11.4 Å². The first-order chi connectivity index (χ1) is 21.5. The van der Waals surface area contributed by atoms with Crippen molar-refractivity contribution in [3.63, 3.8) is 0 Å². The van der Waals surface area contributed by atoms with Crippen molar-refractivity contribution in [2.75, 3.05) is 36.7 Å². The standard InChI is InChI=1S/C34H32N4O6/c39-32(20-42-26-10-12-30-31(15-26)44-21-43-30)36-27-14-24(34(41)35-16-22-5-2-1-3-6-22)9-11-29(27)37-17-23-13-25(19-37)28-7-4-8-33(40)38(28)18-23/h1-12,14-15,23,25H,13,16-21H2,(H,35,41)(H,36,39)/t23-,25+/m0/s1. The zero-order valence-corrected chi connectivity index (χ0v) is 24.0. The molecule has 7 rings (SSSR count). The number of carbonyl (C=O) groups is 2. The summed E-state index contributed by atoms with van der Waals surface area (Å²) >= 11 is 0. The van der Waals surface area contributed by atoms with E-state index in [9.17, 15) is 14.4 Å². The molecular weight excluding hydrogens is 560 g/mol. The summed E-state index contributed by atoms with van der Waals surface area (Å²) in [6.07, 6.45) is 1.00. The summed E-state index contributed by atoms with van der Waals surface area (Å²) in [7, 11) is 0. The Kier molecular flexibility index (Phi) is 7.39. The number of benzene rings is 3. The minimum atomic E-state index is -0.361. The van der Waals surface area contributed by atoms with Crippen LogP contribution in [0.2, 0.25) is 0 Å². The van der Waals surface area contributed by atoms with Gasteiger partial charge in [-0.05, 0) is 54.3 Å². The SMILES string of the molecule is O=C(COc1ccc2c(c1)OCO2)Nc1cc(C(=O)NCc2ccccc2)ccc1N1C[C@@H]2C[C@H](C1)c1cccc(=O)n1C2. The highest BCUT2D eigenvalue weighted by atomic mass is 16.7. The first-order valence-electron chi connectivity index (χ1n) is 14.7. The normalized spacial score (nSPS) is 17.9. The maximum atomic E-state index is 13.2. The molecule has 1 fully saturated rings. The third kappa shape index (κ3) is 5.70. The van der Waals surface area contributed by atoms with Crippen LogP contribution in [0.3, 0.4) is 0 Å². The molecule has 2 bridgehead atoms. The minimum Gasteiger partial charge on any atom is -0.484 e. The number of piperidine rings is 1. The van der Waals surface area contributed by atoms with E-state index in [0.717, 1.165) is 29.9 Å². The lowest BCUT2D eigenvalue weighted by Crippen LogP contribution is -2.47. The van der Waals surface area contributed by atoms with Crippen LogP contribution in [0.5, 0.6) is 17.2 Å². The van der Waals surface area contributed by atoms with Gasteiger partial charge in [0.1, 0.15) is 5.75 Å². The molecule has 2 amide bonds. The Morgan fingerprint density at radius 2 is 1.75 bits per heavy atom. The quantitative estimate of drug-likeness (QED) is 0.316. The fraction of sp³-hybridized carbons (Fsp3) is 0.265. The molecule has 3 aliphatic rings. The number of carbonyl (C=O) groups excluding carboxylic acids is 2. The highest BCUT2D eigenvalue weighted by Gasteiger charge is 2.35. The molecule has 2 atom stereocenters. The zero-order valence-electron chi connectivity index (χ0n) is 24.0. The second kappa shape index (κ2) is 11.8. The third-order valence-corrected chi connectivity index (χ3v) is 8.36. The summed E-state index contributed by atoms with van der Waals surface area (Å²) in [5.41, 5.74) is 3.85. The third-order valence-electron chi connectivity index (χ3n) is 8.36. The van der Waals surface area contributed by atoms with Gasteiger partial charge in [0.25, 0.3) is 17.4 Å². The van der Waals surface area contributed by atoms with E-state index in [-0.39, 0.29) is 42.6 Å². The fourth-order valence-electron chi connectivity index (χ4n) is 6.33. The van der Waals surface area contributed by atoms with E-state index in [1.165, 1.54) is 0 Å². The lowest BCUT2D eigenvalue weighted by atomic mass is 9.83. The topological polar surface area (TPSA) is 111 Å². The van der Waals surface area contributed by atoms with Gasteiger partial charge in [-0.2, -0.15) is 0 Å². The lowest BCUT2D eigenvalue weighted by Gasteiger charge is -2.44. The molecule has 0 radical (unpaired) electrons. The van der Waals surface area contributed by atoms with E-state index < -0.39 is 0 Å². The number of anilines is 2. The number of nitrogens with one attached hydrogen (secondary N) is 2. The molecule has 0 spiro atoms. The molecule has 1 aromatic heterocycles. The molecule has 4 aromatic rings. The van der Waals surface area contributed by atoms with E-state index in [1.54, 1.807) is 36.4 Å². The van der Waals surface area contributed by atoms with Crippen molar-refractivity contribution < 1.29 is 23.8 Å². The number of amides is 2. The van der Waals surface area contributed by atoms with Crippen LogP contribution >= 0.6 is 0 Å². The first kappa shape index (κ1) is 27.6. The number of hydrogen-bond acceptors (Lipinski definition) is 7. The Hall–Kier alpha value is -5.25. The van der Waals surface area contributed by atoms with Crippen molar-refractivity contribution in [3.8, 4) is 17.2 Å². The molecule has 224 valence electrons. The van der Waals surface area contributed by atoms with Gasteiger partial charge in [-0.25, -0.2) is 0 Å². The van der Waals surface area contributed by atoms with Crippen molar-refractivity contribution in [1.82, 2.24) is 9.88 Å². The average Bonchev–Trinajstić information content (AvgIpc) is 3.52. The Balaban J connectivity index is 1.12.